The van der Waals surface area contributed by atoms with E-state index in [9.17, 15) is 9.59 Å². The summed E-state index contributed by atoms with van der Waals surface area (Å²) in [6, 6.07) is 9.82. The van der Waals surface area contributed by atoms with Crippen molar-refractivity contribution in [1.82, 2.24) is 4.90 Å². The summed E-state index contributed by atoms with van der Waals surface area (Å²) in [6.07, 6.45) is 2.47. The number of hydrogen-bond acceptors (Lipinski definition) is 2. The number of halogens is 1. The van der Waals surface area contributed by atoms with E-state index in [1.54, 1.807) is 0 Å². The number of amides is 1. The van der Waals surface area contributed by atoms with Crippen LogP contribution in [0.2, 0.25) is 0 Å². The predicted octanol–water partition coefficient (Wildman–Crippen LogP) is 3.53. The Bertz CT molecular complexity index is 422. The number of benzene rings is 1. The molecule has 0 saturated heterocycles. The smallest absolute Gasteiger partial charge is 0.407 e. The van der Waals surface area contributed by atoms with Crippen molar-refractivity contribution in [3.63, 3.8) is 0 Å². The van der Waals surface area contributed by atoms with Gasteiger partial charge >= 0.3 is 6.09 Å². The van der Waals surface area contributed by atoms with E-state index in [2.05, 4.69) is 0 Å². The van der Waals surface area contributed by atoms with Crippen LogP contribution in [0.15, 0.2) is 30.3 Å². The first-order valence-electron chi connectivity index (χ1n) is 6.79. The first-order chi connectivity index (χ1) is 9.59. The van der Waals surface area contributed by atoms with Gasteiger partial charge in [-0.3, -0.25) is 4.79 Å². The number of hydrogen-bond donors (Lipinski definition) is 1. The summed E-state index contributed by atoms with van der Waals surface area (Å²) >= 11 is 5.24. The van der Waals surface area contributed by atoms with Crippen LogP contribution in [-0.4, -0.2) is 34.4 Å². The molecule has 0 heterocycles. The van der Waals surface area contributed by atoms with Crippen LogP contribution in [-0.2, 0) is 11.2 Å². The Hall–Kier alpha value is -1.55. The lowest BCUT2D eigenvalue weighted by Gasteiger charge is -2.19. The molecular formula is C15H20ClNO3. The van der Waals surface area contributed by atoms with Gasteiger partial charge in [0.2, 0.25) is 5.24 Å². The highest BCUT2D eigenvalue weighted by Crippen LogP contribution is 2.06. The fourth-order valence-electron chi connectivity index (χ4n) is 1.96. The van der Waals surface area contributed by atoms with Crippen LogP contribution in [0.5, 0.6) is 0 Å². The van der Waals surface area contributed by atoms with Crippen LogP contribution >= 0.6 is 11.6 Å². The van der Waals surface area contributed by atoms with Crippen molar-refractivity contribution >= 4 is 22.9 Å². The molecule has 4 nitrogen and oxygen atoms in total. The van der Waals surface area contributed by atoms with Crippen LogP contribution in [0.4, 0.5) is 4.79 Å². The van der Waals surface area contributed by atoms with Crippen molar-refractivity contribution < 1.29 is 14.7 Å². The quantitative estimate of drug-likeness (QED) is 0.560. The fraction of sp³-hybridized carbons (Fsp3) is 0.467. The van der Waals surface area contributed by atoms with E-state index in [-0.39, 0.29) is 5.24 Å². The standard InChI is InChI=1S/C15H20ClNO3/c16-14(18)9-5-2-6-11-17(15(19)20)12-10-13-7-3-1-4-8-13/h1,3-4,7-8H,2,5-6,9-12H2,(H,19,20). The molecule has 20 heavy (non-hydrogen) atoms. The molecule has 0 aliphatic rings. The molecule has 1 aromatic rings. The van der Waals surface area contributed by atoms with Gasteiger partial charge in [-0.2, -0.15) is 0 Å². The molecule has 5 heteroatoms. The molecule has 0 radical (unpaired) electrons. The van der Waals surface area contributed by atoms with E-state index < -0.39 is 6.09 Å². The highest BCUT2D eigenvalue weighted by atomic mass is 35.5. The summed E-state index contributed by atoms with van der Waals surface area (Å²) in [7, 11) is 0. The Kier molecular flexibility index (Phi) is 7.73. The monoisotopic (exact) mass is 297 g/mol. The molecule has 1 N–H and O–H groups in total. The van der Waals surface area contributed by atoms with E-state index in [4.69, 9.17) is 16.7 Å². The maximum absolute atomic E-state index is 11.1. The summed E-state index contributed by atoms with van der Waals surface area (Å²) in [5, 5.41) is 8.82. The van der Waals surface area contributed by atoms with E-state index in [1.165, 1.54) is 4.90 Å². The molecule has 1 amide bonds. The van der Waals surface area contributed by atoms with E-state index >= 15 is 0 Å². The van der Waals surface area contributed by atoms with Crippen LogP contribution in [0.25, 0.3) is 0 Å². The van der Waals surface area contributed by atoms with Gasteiger partial charge in [0.05, 0.1) is 0 Å². The Morgan fingerprint density at radius 3 is 2.35 bits per heavy atom. The molecule has 0 fully saturated rings. The first kappa shape index (κ1) is 16.5. The molecule has 1 aromatic carbocycles. The number of carbonyl (C=O) groups excluding carboxylic acids is 1. The van der Waals surface area contributed by atoms with Crippen molar-refractivity contribution in [2.45, 2.75) is 32.1 Å². The Morgan fingerprint density at radius 1 is 1.05 bits per heavy atom. The zero-order valence-electron chi connectivity index (χ0n) is 11.4. The number of nitrogens with zero attached hydrogens (tertiary/aromatic N) is 1. The predicted molar refractivity (Wildman–Crippen MR) is 79.1 cm³/mol. The minimum absolute atomic E-state index is 0.329. The molecule has 0 spiro atoms. The van der Waals surface area contributed by atoms with Crippen LogP contribution in [0.3, 0.4) is 0 Å². The molecule has 0 aliphatic carbocycles. The van der Waals surface area contributed by atoms with Crippen LogP contribution in [0, 0.1) is 0 Å². The van der Waals surface area contributed by atoms with Crippen molar-refractivity contribution in [3.8, 4) is 0 Å². The lowest BCUT2D eigenvalue weighted by atomic mass is 10.1. The fourth-order valence-corrected chi connectivity index (χ4v) is 2.09. The molecule has 0 aliphatic heterocycles. The Morgan fingerprint density at radius 2 is 1.75 bits per heavy atom. The average molecular weight is 298 g/mol. The number of carbonyl (C=O) groups is 2. The van der Waals surface area contributed by atoms with Crippen LogP contribution < -0.4 is 0 Å². The lowest BCUT2D eigenvalue weighted by Crippen LogP contribution is -2.32. The SMILES string of the molecule is O=C(Cl)CCCCCN(CCc1ccccc1)C(=O)O. The molecule has 0 aromatic heterocycles. The highest BCUT2D eigenvalue weighted by Gasteiger charge is 2.11. The molecular weight excluding hydrogens is 278 g/mol. The maximum atomic E-state index is 11.1. The van der Waals surface area contributed by atoms with Gasteiger partial charge in [-0.15, -0.1) is 0 Å². The Labute approximate surface area is 124 Å². The average Bonchev–Trinajstić information content (AvgIpc) is 2.42. The molecule has 0 atom stereocenters. The van der Waals surface area contributed by atoms with Crippen LogP contribution in [0.1, 0.15) is 31.2 Å². The molecule has 1 rings (SSSR count). The van der Waals surface area contributed by atoms with Gasteiger partial charge in [0.1, 0.15) is 0 Å². The molecule has 0 unspecified atom stereocenters. The van der Waals surface area contributed by atoms with E-state index in [0.29, 0.717) is 32.4 Å². The lowest BCUT2D eigenvalue weighted by molar-refractivity contribution is -0.111. The Balaban J connectivity index is 2.26. The second-order valence-electron chi connectivity index (χ2n) is 4.67. The third-order valence-corrected chi connectivity index (χ3v) is 3.27. The van der Waals surface area contributed by atoms with Crippen molar-refractivity contribution in [1.29, 1.82) is 0 Å². The van der Waals surface area contributed by atoms with Crippen molar-refractivity contribution in [2.24, 2.45) is 0 Å². The number of rotatable bonds is 9. The van der Waals surface area contributed by atoms with Gasteiger partial charge < -0.3 is 10.0 Å². The number of unbranched alkanes of at least 4 members (excludes halogenated alkanes) is 2. The minimum atomic E-state index is -0.894. The summed E-state index contributed by atoms with van der Waals surface area (Å²) in [5.41, 5.74) is 1.13. The maximum Gasteiger partial charge on any atom is 0.407 e. The molecule has 0 bridgehead atoms. The van der Waals surface area contributed by atoms with Gasteiger partial charge in [0.25, 0.3) is 0 Å². The minimum Gasteiger partial charge on any atom is -0.465 e. The molecule has 0 saturated carbocycles. The van der Waals surface area contributed by atoms with Gasteiger partial charge in [-0.25, -0.2) is 4.79 Å². The second-order valence-corrected chi connectivity index (χ2v) is 5.09. The normalized spacial score (nSPS) is 10.2. The summed E-state index contributed by atoms with van der Waals surface area (Å²) in [6.45, 7) is 0.992. The van der Waals surface area contributed by atoms with Gasteiger partial charge in [-0.1, -0.05) is 36.8 Å². The zero-order chi connectivity index (χ0) is 14.8. The largest absolute Gasteiger partial charge is 0.465 e. The number of carboxylic acid groups (broad SMARTS) is 1. The third kappa shape index (κ3) is 7.14. The topological polar surface area (TPSA) is 57.6 Å². The first-order valence-corrected chi connectivity index (χ1v) is 7.17. The van der Waals surface area contributed by atoms with Gasteiger partial charge in [0.15, 0.2) is 0 Å². The van der Waals surface area contributed by atoms with E-state index in [0.717, 1.165) is 18.4 Å². The van der Waals surface area contributed by atoms with E-state index in [1.807, 2.05) is 30.3 Å². The second kappa shape index (κ2) is 9.37. The summed E-state index contributed by atoms with van der Waals surface area (Å²) < 4.78 is 0. The highest BCUT2D eigenvalue weighted by molar-refractivity contribution is 6.63. The third-order valence-electron chi connectivity index (χ3n) is 3.09. The zero-order valence-corrected chi connectivity index (χ0v) is 12.2. The van der Waals surface area contributed by atoms with Crippen molar-refractivity contribution in [2.75, 3.05) is 13.1 Å². The molecule has 110 valence electrons. The summed E-state index contributed by atoms with van der Waals surface area (Å²) in [5.74, 6) is 0. The van der Waals surface area contributed by atoms with Gasteiger partial charge in [0, 0.05) is 19.5 Å². The summed E-state index contributed by atoms with van der Waals surface area (Å²) in [4.78, 5) is 23.1. The van der Waals surface area contributed by atoms with Gasteiger partial charge in [-0.05, 0) is 36.4 Å². The van der Waals surface area contributed by atoms with Crippen molar-refractivity contribution in [3.05, 3.63) is 35.9 Å².